The molecule has 0 bridgehead atoms. The molecule has 0 saturated carbocycles. The van der Waals surface area contributed by atoms with Crippen molar-refractivity contribution >= 4 is 11.6 Å². The topological polar surface area (TPSA) is 26.8 Å². The molecule has 1 amide bonds. The van der Waals surface area contributed by atoms with Crippen LogP contribution >= 0.6 is 0 Å². The number of carbonyl (C=O) groups is 1. The molecule has 0 aromatic heterocycles. The summed E-state index contributed by atoms with van der Waals surface area (Å²) in [6.07, 6.45) is 0.975. The molecule has 0 spiro atoms. The molecule has 2 aromatic rings. The van der Waals surface area contributed by atoms with Crippen molar-refractivity contribution in [2.75, 3.05) is 44.2 Å². The molecule has 142 valence electrons. The largest absolute Gasteiger partial charge is 0.369 e. The van der Waals surface area contributed by atoms with Gasteiger partial charge in [0.25, 0.3) is 0 Å². The third-order valence-corrected chi connectivity index (χ3v) is 6.13. The zero-order valence-electron chi connectivity index (χ0n) is 16.4. The van der Waals surface area contributed by atoms with Crippen LogP contribution < -0.4 is 4.90 Å². The summed E-state index contributed by atoms with van der Waals surface area (Å²) in [6.45, 7) is 10.4. The van der Waals surface area contributed by atoms with Gasteiger partial charge in [0.05, 0.1) is 6.54 Å². The quantitative estimate of drug-likeness (QED) is 0.839. The zero-order valence-corrected chi connectivity index (χ0v) is 16.4. The van der Waals surface area contributed by atoms with Gasteiger partial charge in [0, 0.05) is 45.0 Å². The number of hydrogen-bond acceptors (Lipinski definition) is 3. The normalized spacial score (nSPS) is 17.7. The lowest BCUT2D eigenvalue weighted by Gasteiger charge is -2.38. The van der Waals surface area contributed by atoms with Gasteiger partial charge in [-0.2, -0.15) is 0 Å². The number of carbonyl (C=O) groups excluding carboxylic acids is 1. The summed E-state index contributed by atoms with van der Waals surface area (Å²) in [5, 5.41) is 0. The first kappa shape index (κ1) is 18.1. The second-order valence-electron chi connectivity index (χ2n) is 7.82. The molecule has 4 heteroatoms. The Kier molecular flexibility index (Phi) is 5.17. The molecule has 1 fully saturated rings. The third kappa shape index (κ3) is 3.86. The lowest BCUT2D eigenvalue weighted by atomic mass is 10.00. The Bertz CT molecular complexity index is 824. The SMILES string of the molecule is Cc1cccc(N2CCN(CC(=O)N3CCc4ccccc4C3)CC2)c1C. The molecule has 0 unspecified atom stereocenters. The van der Waals surface area contributed by atoms with E-state index < -0.39 is 0 Å². The van der Waals surface area contributed by atoms with Crippen molar-refractivity contribution in [1.82, 2.24) is 9.80 Å². The smallest absolute Gasteiger partial charge is 0.237 e. The maximum atomic E-state index is 12.8. The fourth-order valence-corrected chi connectivity index (χ4v) is 4.22. The Labute approximate surface area is 162 Å². The summed E-state index contributed by atoms with van der Waals surface area (Å²) in [4.78, 5) is 19.6. The molecule has 0 N–H and O–H groups in total. The van der Waals surface area contributed by atoms with Gasteiger partial charge in [-0.25, -0.2) is 0 Å². The van der Waals surface area contributed by atoms with Crippen molar-refractivity contribution in [3.8, 4) is 0 Å². The molecular weight excluding hydrogens is 334 g/mol. The van der Waals surface area contributed by atoms with Gasteiger partial charge in [0.2, 0.25) is 5.91 Å². The molecule has 2 aliphatic heterocycles. The van der Waals surface area contributed by atoms with E-state index in [1.807, 2.05) is 4.90 Å². The number of amides is 1. The number of piperazine rings is 1. The van der Waals surface area contributed by atoms with Gasteiger partial charge in [0.15, 0.2) is 0 Å². The molecule has 4 nitrogen and oxygen atoms in total. The number of rotatable bonds is 3. The van der Waals surface area contributed by atoms with E-state index in [0.717, 1.165) is 45.7 Å². The Morgan fingerprint density at radius 2 is 1.63 bits per heavy atom. The van der Waals surface area contributed by atoms with E-state index in [4.69, 9.17) is 0 Å². The van der Waals surface area contributed by atoms with Gasteiger partial charge in [-0.3, -0.25) is 9.69 Å². The van der Waals surface area contributed by atoms with Crippen LogP contribution in [-0.4, -0.2) is 55.0 Å². The average molecular weight is 364 g/mol. The van der Waals surface area contributed by atoms with Crippen LogP contribution in [0.5, 0.6) is 0 Å². The van der Waals surface area contributed by atoms with E-state index >= 15 is 0 Å². The minimum atomic E-state index is 0.268. The fourth-order valence-electron chi connectivity index (χ4n) is 4.22. The van der Waals surface area contributed by atoms with Crippen LogP contribution in [-0.2, 0) is 17.8 Å². The highest BCUT2D eigenvalue weighted by atomic mass is 16.2. The van der Waals surface area contributed by atoms with Crippen LogP contribution in [0.15, 0.2) is 42.5 Å². The van der Waals surface area contributed by atoms with Crippen molar-refractivity contribution < 1.29 is 4.79 Å². The summed E-state index contributed by atoms with van der Waals surface area (Å²) < 4.78 is 0. The van der Waals surface area contributed by atoms with Gasteiger partial charge in [-0.05, 0) is 48.6 Å². The molecule has 0 atom stereocenters. The second kappa shape index (κ2) is 7.73. The van der Waals surface area contributed by atoms with Crippen LogP contribution in [0.2, 0.25) is 0 Å². The highest BCUT2D eigenvalue weighted by molar-refractivity contribution is 5.78. The van der Waals surface area contributed by atoms with Crippen molar-refractivity contribution in [1.29, 1.82) is 0 Å². The van der Waals surface area contributed by atoms with Gasteiger partial charge in [0.1, 0.15) is 0 Å². The third-order valence-electron chi connectivity index (χ3n) is 6.13. The molecule has 2 aliphatic rings. The monoisotopic (exact) mass is 363 g/mol. The first-order valence-corrected chi connectivity index (χ1v) is 10.00. The first-order valence-electron chi connectivity index (χ1n) is 10.00. The van der Waals surface area contributed by atoms with Crippen LogP contribution in [0.3, 0.4) is 0 Å². The minimum absolute atomic E-state index is 0.268. The Morgan fingerprint density at radius 3 is 2.41 bits per heavy atom. The van der Waals surface area contributed by atoms with Gasteiger partial charge in [-0.1, -0.05) is 36.4 Å². The van der Waals surface area contributed by atoms with Gasteiger partial charge >= 0.3 is 0 Å². The summed E-state index contributed by atoms with van der Waals surface area (Å²) in [6, 6.07) is 15.0. The lowest BCUT2D eigenvalue weighted by molar-refractivity contribution is -0.133. The van der Waals surface area contributed by atoms with Crippen LogP contribution in [0.4, 0.5) is 5.69 Å². The highest BCUT2D eigenvalue weighted by Crippen LogP contribution is 2.24. The molecular formula is C23H29N3O. The highest BCUT2D eigenvalue weighted by Gasteiger charge is 2.25. The van der Waals surface area contributed by atoms with E-state index in [2.05, 4.69) is 66.1 Å². The molecule has 1 saturated heterocycles. The van der Waals surface area contributed by atoms with Crippen LogP contribution in [0, 0.1) is 13.8 Å². The van der Waals surface area contributed by atoms with Gasteiger partial charge < -0.3 is 9.80 Å². The van der Waals surface area contributed by atoms with Gasteiger partial charge in [-0.15, -0.1) is 0 Å². The first-order chi connectivity index (χ1) is 13.1. The maximum Gasteiger partial charge on any atom is 0.237 e. The van der Waals surface area contributed by atoms with E-state index in [9.17, 15) is 4.79 Å². The van der Waals surface area contributed by atoms with E-state index in [0.29, 0.717) is 6.54 Å². The van der Waals surface area contributed by atoms with Crippen LogP contribution in [0.1, 0.15) is 22.3 Å². The molecule has 0 radical (unpaired) electrons. The predicted octanol–water partition coefficient (Wildman–Crippen LogP) is 3.01. The Hall–Kier alpha value is -2.33. The molecule has 2 aromatic carbocycles. The fraction of sp³-hybridized carbons (Fsp3) is 0.435. The molecule has 27 heavy (non-hydrogen) atoms. The van der Waals surface area contributed by atoms with Crippen molar-refractivity contribution in [2.24, 2.45) is 0 Å². The Balaban J connectivity index is 1.32. The molecule has 0 aliphatic carbocycles. The average Bonchev–Trinajstić information content (AvgIpc) is 2.70. The summed E-state index contributed by atoms with van der Waals surface area (Å²) >= 11 is 0. The van der Waals surface area contributed by atoms with Crippen molar-refractivity contribution in [2.45, 2.75) is 26.8 Å². The van der Waals surface area contributed by atoms with Crippen LogP contribution in [0.25, 0.3) is 0 Å². The number of fused-ring (bicyclic) bond motifs is 1. The molecule has 2 heterocycles. The lowest BCUT2D eigenvalue weighted by Crippen LogP contribution is -2.50. The van der Waals surface area contributed by atoms with Crippen molar-refractivity contribution in [3.63, 3.8) is 0 Å². The van der Waals surface area contributed by atoms with E-state index in [1.165, 1.54) is 27.9 Å². The summed E-state index contributed by atoms with van der Waals surface area (Å²) in [5.41, 5.74) is 6.75. The minimum Gasteiger partial charge on any atom is -0.369 e. The standard InChI is InChI=1S/C23H29N3O/c1-18-6-5-9-22(19(18)2)25-14-12-24(13-15-25)17-23(27)26-11-10-20-7-3-4-8-21(20)16-26/h3-9H,10-17H2,1-2H3. The number of hydrogen-bond donors (Lipinski definition) is 0. The van der Waals surface area contributed by atoms with Crippen molar-refractivity contribution in [3.05, 3.63) is 64.7 Å². The van der Waals surface area contributed by atoms with E-state index in [-0.39, 0.29) is 5.91 Å². The number of benzene rings is 2. The summed E-state index contributed by atoms with van der Waals surface area (Å²) in [7, 11) is 0. The number of anilines is 1. The number of aryl methyl sites for hydroxylation is 1. The number of nitrogens with zero attached hydrogens (tertiary/aromatic N) is 3. The molecule has 4 rings (SSSR count). The zero-order chi connectivity index (χ0) is 18.8. The second-order valence-corrected chi connectivity index (χ2v) is 7.82. The summed E-state index contributed by atoms with van der Waals surface area (Å²) in [5.74, 6) is 0.268. The predicted molar refractivity (Wildman–Crippen MR) is 110 cm³/mol. The maximum absolute atomic E-state index is 12.8. The van der Waals surface area contributed by atoms with E-state index in [1.54, 1.807) is 0 Å². The Morgan fingerprint density at radius 1 is 0.889 bits per heavy atom.